The molecule has 14 heavy (non-hydrogen) atoms. The van der Waals surface area contributed by atoms with Crippen LogP contribution in [0.15, 0.2) is 0 Å². The Morgan fingerprint density at radius 2 is 2.43 bits per heavy atom. The van der Waals surface area contributed by atoms with E-state index in [4.69, 9.17) is 4.74 Å². The van der Waals surface area contributed by atoms with Gasteiger partial charge in [-0.1, -0.05) is 5.21 Å². The predicted octanol–water partition coefficient (Wildman–Crippen LogP) is 0.0701. The van der Waals surface area contributed by atoms with E-state index in [0.717, 1.165) is 18.7 Å². The molecule has 1 N–H and O–H groups in total. The molecule has 0 saturated heterocycles. The number of halogens is 1. The number of fused-ring (bicyclic) bond motifs is 1. The van der Waals surface area contributed by atoms with Gasteiger partial charge in [0.15, 0.2) is 0 Å². The van der Waals surface area contributed by atoms with E-state index in [9.17, 15) is 0 Å². The monoisotopic (exact) mass is 218 g/mol. The van der Waals surface area contributed by atoms with E-state index >= 15 is 0 Å². The van der Waals surface area contributed by atoms with E-state index in [1.54, 1.807) is 7.11 Å². The summed E-state index contributed by atoms with van der Waals surface area (Å²) in [6.45, 7) is 1.63. The van der Waals surface area contributed by atoms with E-state index in [1.165, 1.54) is 5.69 Å². The minimum atomic E-state index is 0. The number of ether oxygens (including phenoxy) is 1. The highest BCUT2D eigenvalue weighted by Gasteiger charge is 2.24. The SMILES string of the molecule is COCC1NCCc2c1nnn2C.Cl. The highest BCUT2D eigenvalue weighted by molar-refractivity contribution is 5.85. The molecule has 0 aromatic carbocycles. The first-order valence-electron chi connectivity index (χ1n) is 4.43. The van der Waals surface area contributed by atoms with Gasteiger partial charge in [-0.05, 0) is 0 Å². The second-order valence-corrected chi connectivity index (χ2v) is 3.26. The van der Waals surface area contributed by atoms with E-state index in [0.29, 0.717) is 6.61 Å². The average Bonchev–Trinajstić information content (AvgIpc) is 2.50. The smallest absolute Gasteiger partial charge is 0.105 e. The first-order valence-corrected chi connectivity index (χ1v) is 4.43. The molecule has 0 spiro atoms. The Hall–Kier alpha value is -0.650. The molecule has 5 nitrogen and oxygen atoms in total. The highest BCUT2D eigenvalue weighted by atomic mass is 35.5. The van der Waals surface area contributed by atoms with E-state index in [2.05, 4.69) is 15.6 Å². The van der Waals surface area contributed by atoms with Gasteiger partial charge in [0.05, 0.1) is 18.3 Å². The van der Waals surface area contributed by atoms with Crippen molar-refractivity contribution in [2.24, 2.45) is 7.05 Å². The maximum Gasteiger partial charge on any atom is 0.105 e. The van der Waals surface area contributed by atoms with Gasteiger partial charge in [-0.2, -0.15) is 0 Å². The molecular weight excluding hydrogens is 204 g/mol. The van der Waals surface area contributed by atoms with E-state index in [-0.39, 0.29) is 18.4 Å². The lowest BCUT2D eigenvalue weighted by Crippen LogP contribution is -2.33. The first-order chi connectivity index (χ1) is 6.33. The van der Waals surface area contributed by atoms with Gasteiger partial charge in [-0.15, -0.1) is 17.5 Å². The average molecular weight is 219 g/mol. The maximum absolute atomic E-state index is 5.11. The van der Waals surface area contributed by atoms with Crippen LogP contribution in [0.2, 0.25) is 0 Å². The molecule has 0 fully saturated rings. The Bertz CT molecular complexity index is 302. The van der Waals surface area contributed by atoms with Gasteiger partial charge in [0, 0.05) is 27.1 Å². The lowest BCUT2D eigenvalue weighted by atomic mass is 10.1. The van der Waals surface area contributed by atoms with Gasteiger partial charge in [0.1, 0.15) is 5.69 Å². The second kappa shape index (κ2) is 4.72. The Balaban J connectivity index is 0.000000980. The fourth-order valence-electron chi connectivity index (χ4n) is 1.72. The molecule has 0 aliphatic carbocycles. The van der Waals surface area contributed by atoms with E-state index < -0.39 is 0 Å². The molecule has 2 heterocycles. The van der Waals surface area contributed by atoms with Crippen LogP contribution in [0, 0.1) is 0 Å². The van der Waals surface area contributed by atoms with Gasteiger partial charge >= 0.3 is 0 Å². The van der Waals surface area contributed by atoms with Gasteiger partial charge in [-0.25, -0.2) is 0 Å². The highest BCUT2D eigenvalue weighted by Crippen LogP contribution is 2.19. The first kappa shape index (κ1) is 11.4. The Labute approximate surface area is 89.2 Å². The minimum Gasteiger partial charge on any atom is -0.383 e. The quantitative estimate of drug-likeness (QED) is 0.764. The largest absolute Gasteiger partial charge is 0.383 e. The molecule has 1 aromatic rings. The van der Waals surface area contributed by atoms with Crippen LogP contribution in [-0.4, -0.2) is 35.3 Å². The van der Waals surface area contributed by atoms with Crippen LogP contribution in [-0.2, 0) is 18.2 Å². The zero-order valence-electron chi connectivity index (χ0n) is 8.36. The molecule has 1 atom stereocenters. The lowest BCUT2D eigenvalue weighted by molar-refractivity contribution is 0.162. The topological polar surface area (TPSA) is 52.0 Å². The number of aryl methyl sites for hydroxylation is 1. The molecular formula is C8H15ClN4O. The number of nitrogens with one attached hydrogen (secondary N) is 1. The van der Waals surface area contributed by atoms with Gasteiger partial charge < -0.3 is 10.1 Å². The summed E-state index contributed by atoms with van der Waals surface area (Å²) in [5, 5.41) is 11.5. The predicted molar refractivity (Wildman–Crippen MR) is 54.6 cm³/mol. The van der Waals surface area contributed by atoms with Crippen LogP contribution in [0.4, 0.5) is 0 Å². The minimum absolute atomic E-state index is 0. The molecule has 0 radical (unpaired) electrons. The number of aromatic nitrogens is 3. The summed E-state index contributed by atoms with van der Waals surface area (Å²) in [7, 11) is 3.63. The number of nitrogens with zero attached hydrogens (tertiary/aromatic N) is 3. The molecule has 1 aliphatic heterocycles. The standard InChI is InChI=1S/C8H14N4O.ClH/c1-12-7-3-4-9-6(5-13-2)8(7)10-11-12;/h6,9H,3-5H2,1-2H3;1H. The summed E-state index contributed by atoms with van der Waals surface area (Å²) in [5.74, 6) is 0. The summed E-state index contributed by atoms with van der Waals surface area (Å²) in [6, 6.07) is 0.211. The second-order valence-electron chi connectivity index (χ2n) is 3.26. The third kappa shape index (κ3) is 1.89. The van der Waals surface area contributed by atoms with Crippen molar-refractivity contribution in [2.45, 2.75) is 12.5 Å². The van der Waals surface area contributed by atoms with Gasteiger partial charge in [0.25, 0.3) is 0 Å². The van der Waals surface area contributed by atoms with Crippen LogP contribution in [0.1, 0.15) is 17.4 Å². The van der Waals surface area contributed by atoms with Gasteiger partial charge in [0.2, 0.25) is 0 Å². The molecule has 1 aromatic heterocycles. The molecule has 0 bridgehead atoms. The van der Waals surface area contributed by atoms with Crippen molar-refractivity contribution in [2.75, 3.05) is 20.3 Å². The van der Waals surface area contributed by atoms with Crippen molar-refractivity contribution in [3.63, 3.8) is 0 Å². The molecule has 80 valence electrons. The van der Waals surface area contributed by atoms with E-state index in [1.807, 2.05) is 11.7 Å². The normalized spacial score (nSPS) is 20.0. The molecule has 0 amide bonds. The Morgan fingerprint density at radius 1 is 1.64 bits per heavy atom. The zero-order valence-corrected chi connectivity index (χ0v) is 9.17. The Morgan fingerprint density at radius 3 is 3.14 bits per heavy atom. The summed E-state index contributed by atoms with van der Waals surface area (Å²) in [5.41, 5.74) is 2.26. The lowest BCUT2D eigenvalue weighted by Gasteiger charge is -2.21. The number of hydrogen-bond acceptors (Lipinski definition) is 4. The van der Waals surface area contributed by atoms with Crippen molar-refractivity contribution in [3.05, 3.63) is 11.4 Å². The van der Waals surface area contributed by atoms with Gasteiger partial charge in [-0.3, -0.25) is 4.68 Å². The van der Waals surface area contributed by atoms with Crippen molar-refractivity contribution in [1.29, 1.82) is 0 Å². The molecule has 1 unspecified atom stereocenters. The number of hydrogen-bond donors (Lipinski definition) is 1. The molecule has 0 saturated carbocycles. The summed E-state index contributed by atoms with van der Waals surface area (Å²) < 4.78 is 6.95. The number of methoxy groups -OCH3 is 1. The zero-order chi connectivity index (χ0) is 9.26. The molecule has 6 heteroatoms. The van der Waals surface area contributed by atoms with Crippen LogP contribution < -0.4 is 5.32 Å². The fraction of sp³-hybridized carbons (Fsp3) is 0.750. The van der Waals surface area contributed by atoms with Crippen molar-refractivity contribution in [3.8, 4) is 0 Å². The Kier molecular flexibility index (Phi) is 3.86. The van der Waals surface area contributed by atoms with Crippen molar-refractivity contribution < 1.29 is 4.74 Å². The fourth-order valence-corrected chi connectivity index (χ4v) is 1.72. The van der Waals surface area contributed by atoms with Crippen LogP contribution in [0.3, 0.4) is 0 Å². The number of rotatable bonds is 2. The van der Waals surface area contributed by atoms with Crippen LogP contribution in [0.25, 0.3) is 0 Å². The summed E-state index contributed by atoms with van der Waals surface area (Å²) in [4.78, 5) is 0. The van der Waals surface area contributed by atoms with Crippen LogP contribution >= 0.6 is 12.4 Å². The summed E-state index contributed by atoms with van der Waals surface area (Å²) in [6.07, 6.45) is 0.999. The summed E-state index contributed by atoms with van der Waals surface area (Å²) >= 11 is 0. The third-order valence-electron chi connectivity index (χ3n) is 2.39. The van der Waals surface area contributed by atoms with Crippen molar-refractivity contribution >= 4 is 12.4 Å². The molecule has 2 rings (SSSR count). The third-order valence-corrected chi connectivity index (χ3v) is 2.39. The van der Waals surface area contributed by atoms with Crippen LogP contribution in [0.5, 0.6) is 0 Å². The van der Waals surface area contributed by atoms with Crippen molar-refractivity contribution in [1.82, 2.24) is 20.3 Å². The maximum atomic E-state index is 5.11. The molecule has 1 aliphatic rings.